The van der Waals surface area contributed by atoms with Gasteiger partial charge in [-0.15, -0.1) is 0 Å². The fraction of sp³-hybridized carbons (Fsp3) is 0.647. The van der Waals surface area contributed by atoms with Crippen LogP contribution in [0.1, 0.15) is 154 Å². The summed E-state index contributed by atoms with van der Waals surface area (Å²) in [6.45, 7) is 33.9. The molecule has 0 saturated heterocycles. The van der Waals surface area contributed by atoms with Crippen molar-refractivity contribution < 1.29 is 4.89 Å². The first kappa shape index (κ1) is 32.3. The van der Waals surface area contributed by atoms with E-state index in [0.29, 0.717) is 12.3 Å². The molecular weight excluding hydrogens is 487 g/mol. The average molecular weight is 543 g/mol. The molecule has 0 radical (unpaired) electrons. The molecule has 37 heavy (non-hydrogen) atoms. The minimum absolute atomic E-state index is 0.0216. The molecule has 0 amide bonds. The molecule has 0 bridgehead atoms. The van der Waals surface area contributed by atoms with E-state index in [9.17, 15) is 4.89 Å². The van der Waals surface area contributed by atoms with Crippen LogP contribution in [-0.4, -0.2) is 4.89 Å². The van der Waals surface area contributed by atoms with Crippen LogP contribution in [0.25, 0.3) is 0 Å². The highest BCUT2D eigenvalue weighted by molar-refractivity contribution is 8.11. The molecule has 0 aromatic heterocycles. The van der Waals surface area contributed by atoms with Gasteiger partial charge >= 0.3 is 0 Å². The molecule has 2 aromatic rings. The van der Waals surface area contributed by atoms with Gasteiger partial charge in [0.25, 0.3) is 0 Å². The largest absolute Gasteiger partial charge is 0.365 e. The highest BCUT2D eigenvalue weighted by atomic mass is 32.4. The highest BCUT2D eigenvalue weighted by Crippen LogP contribution is 2.56. The summed E-state index contributed by atoms with van der Waals surface area (Å²) in [5.41, 5.74) is 10.8. The smallest absolute Gasteiger partial charge is 0.0720 e. The number of rotatable bonds is 0. The first-order valence-electron chi connectivity index (χ1n) is 14.2. The van der Waals surface area contributed by atoms with Crippen molar-refractivity contribution in [3.8, 4) is 0 Å². The molecule has 1 aliphatic rings. The maximum absolute atomic E-state index is 11.8. The molecule has 0 saturated carbocycles. The third-order valence-electron chi connectivity index (χ3n) is 7.66. The molecule has 208 valence electrons. The van der Waals surface area contributed by atoms with E-state index >= 15 is 0 Å². The Hall–Kier alpha value is -0.950. The lowest BCUT2D eigenvalue weighted by Gasteiger charge is -2.37. The van der Waals surface area contributed by atoms with E-state index in [0.717, 1.165) is 0 Å². The Labute approximate surface area is 235 Å². The van der Waals surface area contributed by atoms with Gasteiger partial charge in [-0.25, -0.2) is 0 Å². The zero-order valence-corrected chi connectivity index (χ0v) is 28.3. The van der Waals surface area contributed by atoms with E-state index < -0.39 is 6.26 Å². The van der Waals surface area contributed by atoms with Crippen LogP contribution in [0.2, 0.25) is 0 Å². The second-order valence-electron chi connectivity index (χ2n) is 15.1. The summed E-state index contributed by atoms with van der Waals surface area (Å²) in [5.74, 6) is 0.238. The molecule has 2 aromatic carbocycles. The second-order valence-corrected chi connectivity index (χ2v) is 19.4. The zero-order valence-electron chi connectivity index (χ0n) is 26.6. The van der Waals surface area contributed by atoms with E-state index in [1.807, 2.05) is 13.8 Å². The summed E-state index contributed by atoms with van der Waals surface area (Å²) in [5, 5.41) is 0. The van der Waals surface area contributed by atoms with Crippen LogP contribution in [0.3, 0.4) is 0 Å². The molecule has 3 rings (SSSR count). The summed E-state index contributed by atoms with van der Waals surface area (Å²) in [6, 6.07) is 9.66. The SMILES string of the molecule is CC.CC1c2cc(C(C)(C)C)cc(C(C)(C)C)c2CP(O)(=S)Cc2c1cc(C(C)(C)C)cc2C(C)(C)C. The summed E-state index contributed by atoms with van der Waals surface area (Å²) in [6.07, 6.45) is -1.39. The van der Waals surface area contributed by atoms with E-state index in [1.54, 1.807) is 0 Å². The zero-order chi connectivity index (χ0) is 28.9. The molecule has 0 unspecified atom stereocenters. The van der Waals surface area contributed by atoms with Gasteiger partial charge in [-0.2, -0.15) is 0 Å². The number of hydrogen-bond acceptors (Lipinski definition) is 1. The van der Waals surface area contributed by atoms with Crippen molar-refractivity contribution in [3.05, 3.63) is 68.8 Å². The van der Waals surface area contributed by atoms with Crippen molar-refractivity contribution in [1.29, 1.82) is 0 Å². The number of hydrogen-bond donors (Lipinski definition) is 1. The Kier molecular flexibility index (Phi) is 9.20. The lowest BCUT2D eigenvalue weighted by atomic mass is 9.72. The maximum atomic E-state index is 11.8. The lowest BCUT2D eigenvalue weighted by molar-refractivity contribution is 0.555. The van der Waals surface area contributed by atoms with Crippen LogP contribution in [0.5, 0.6) is 0 Å². The second kappa shape index (κ2) is 10.6. The van der Waals surface area contributed by atoms with Crippen LogP contribution in [0.15, 0.2) is 24.3 Å². The van der Waals surface area contributed by atoms with Gasteiger partial charge in [-0.05, 0) is 66.2 Å². The molecule has 0 atom stereocenters. The van der Waals surface area contributed by atoms with Gasteiger partial charge in [0.1, 0.15) is 0 Å². The Morgan fingerprint density at radius 1 is 0.622 bits per heavy atom. The summed E-state index contributed by atoms with van der Waals surface area (Å²) in [7, 11) is 0. The molecular formula is C34H55OPS. The Balaban J connectivity index is 0.00000235. The normalized spacial score (nSPS) is 20.7. The van der Waals surface area contributed by atoms with Crippen molar-refractivity contribution in [2.24, 2.45) is 0 Å². The average Bonchev–Trinajstić information content (AvgIpc) is 2.70. The van der Waals surface area contributed by atoms with E-state index in [-0.39, 0.29) is 27.6 Å². The lowest BCUT2D eigenvalue weighted by Crippen LogP contribution is -2.24. The van der Waals surface area contributed by atoms with Crippen molar-refractivity contribution >= 4 is 18.1 Å². The molecule has 1 aliphatic heterocycles. The highest BCUT2D eigenvalue weighted by Gasteiger charge is 2.35. The molecule has 1 heterocycles. The quantitative estimate of drug-likeness (QED) is 0.334. The third-order valence-corrected chi connectivity index (χ3v) is 10.1. The Morgan fingerprint density at radius 2 is 0.919 bits per heavy atom. The van der Waals surface area contributed by atoms with Crippen LogP contribution in [0.4, 0.5) is 0 Å². The summed E-state index contributed by atoms with van der Waals surface area (Å²) in [4.78, 5) is 11.8. The van der Waals surface area contributed by atoms with E-state index in [4.69, 9.17) is 11.8 Å². The van der Waals surface area contributed by atoms with Crippen LogP contribution >= 0.6 is 6.26 Å². The molecule has 0 spiro atoms. The fourth-order valence-electron chi connectivity index (χ4n) is 5.44. The molecule has 1 N–H and O–H groups in total. The predicted molar refractivity (Wildman–Crippen MR) is 170 cm³/mol. The Morgan fingerprint density at radius 3 is 1.16 bits per heavy atom. The van der Waals surface area contributed by atoms with Gasteiger partial charge in [-0.1, -0.05) is 140 Å². The monoisotopic (exact) mass is 542 g/mol. The topological polar surface area (TPSA) is 20.2 Å². The van der Waals surface area contributed by atoms with E-state index in [2.05, 4.69) is 114 Å². The third kappa shape index (κ3) is 7.17. The predicted octanol–water partition coefficient (Wildman–Crippen LogP) is 10.5. The van der Waals surface area contributed by atoms with Gasteiger partial charge in [0.2, 0.25) is 0 Å². The molecule has 1 nitrogen and oxygen atoms in total. The van der Waals surface area contributed by atoms with Crippen molar-refractivity contribution in [1.82, 2.24) is 0 Å². The van der Waals surface area contributed by atoms with Crippen molar-refractivity contribution in [2.45, 2.75) is 144 Å². The first-order valence-corrected chi connectivity index (χ1v) is 17.3. The van der Waals surface area contributed by atoms with Crippen LogP contribution in [0, 0.1) is 0 Å². The first-order chi connectivity index (χ1) is 16.5. The summed E-state index contributed by atoms with van der Waals surface area (Å²) >= 11 is 6.08. The minimum atomic E-state index is -2.62. The van der Waals surface area contributed by atoms with Crippen molar-refractivity contribution in [2.75, 3.05) is 0 Å². The van der Waals surface area contributed by atoms with Gasteiger partial charge in [0, 0.05) is 18.2 Å². The summed E-state index contributed by atoms with van der Waals surface area (Å²) < 4.78 is 0. The maximum Gasteiger partial charge on any atom is 0.0720 e. The molecule has 3 heteroatoms. The van der Waals surface area contributed by atoms with Gasteiger partial charge in [0.05, 0.1) is 6.26 Å². The van der Waals surface area contributed by atoms with Gasteiger partial charge in [0.15, 0.2) is 0 Å². The Bertz CT molecular complexity index is 1090. The molecule has 0 fully saturated rings. The van der Waals surface area contributed by atoms with Gasteiger partial charge < -0.3 is 4.89 Å². The fourth-order valence-corrected chi connectivity index (χ4v) is 8.02. The number of fused-ring (bicyclic) bond motifs is 2. The van der Waals surface area contributed by atoms with Crippen molar-refractivity contribution in [3.63, 3.8) is 0 Å². The number of benzene rings is 2. The van der Waals surface area contributed by atoms with Gasteiger partial charge in [-0.3, -0.25) is 0 Å². The van der Waals surface area contributed by atoms with Crippen LogP contribution < -0.4 is 0 Å². The standard InChI is InChI=1S/C32H49OPS.C2H6/c1-20-23-14-21(29(2,3)4)16-27(31(8,9)10)25(23)18-34(33,35)19-26-24(20)15-22(30(5,6)7)17-28(26)32(11,12)13;1-2/h14-17,20H,18-19H2,1-13H3,(H,33,35);1-2H3. The minimum Gasteiger partial charge on any atom is -0.365 e. The van der Waals surface area contributed by atoms with Crippen LogP contribution in [-0.2, 0) is 45.8 Å². The molecule has 0 aliphatic carbocycles. The van der Waals surface area contributed by atoms with E-state index in [1.165, 1.54) is 44.5 Å².